The van der Waals surface area contributed by atoms with Gasteiger partial charge >= 0.3 is 0 Å². The summed E-state index contributed by atoms with van der Waals surface area (Å²) in [5.41, 5.74) is 0.416. The first-order chi connectivity index (χ1) is 11.7. The first-order valence-electron chi connectivity index (χ1n) is 7.79. The largest absolute Gasteiger partial charge is 0.488 e. The van der Waals surface area contributed by atoms with Gasteiger partial charge in [0.25, 0.3) is 5.56 Å². The van der Waals surface area contributed by atoms with Gasteiger partial charge in [-0.15, -0.1) is 0 Å². The number of hydrogen-bond acceptors (Lipinski definition) is 3. The first-order valence-corrected chi connectivity index (χ1v) is 7.79. The van der Waals surface area contributed by atoms with E-state index in [-0.39, 0.29) is 23.8 Å². The Morgan fingerprint density at radius 3 is 2.71 bits per heavy atom. The summed E-state index contributed by atoms with van der Waals surface area (Å²) in [7, 11) is 0. The van der Waals surface area contributed by atoms with Crippen LogP contribution in [0.25, 0.3) is 10.8 Å². The molecule has 1 aromatic heterocycles. The lowest BCUT2D eigenvalue weighted by Gasteiger charge is -2.11. The maximum atomic E-state index is 12.3. The molecule has 122 valence electrons. The summed E-state index contributed by atoms with van der Waals surface area (Å²) >= 11 is 0. The maximum absolute atomic E-state index is 12.3. The third-order valence-electron chi connectivity index (χ3n) is 3.66. The Labute approximate surface area is 139 Å². The van der Waals surface area contributed by atoms with Crippen molar-refractivity contribution in [2.45, 2.75) is 13.5 Å². The van der Waals surface area contributed by atoms with Crippen molar-refractivity contribution in [1.82, 2.24) is 4.57 Å². The second-order valence-corrected chi connectivity index (χ2v) is 5.31. The lowest BCUT2D eigenvalue weighted by molar-refractivity contribution is -0.116. The van der Waals surface area contributed by atoms with Gasteiger partial charge in [-0.2, -0.15) is 0 Å². The normalized spacial score (nSPS) is 10.5. The third-order valence-corrected chi connectivity index (χ3v) is 3.66. The number of nitrogens with zero attached hydrogens (tertiary/aromatic N) is 1. The van der Waals surface area contributed by atoms with E-state index in [0.717, 1.165) is 16.5 Å². The number of carbonyl (C=O) groups is 1. The van der Waals surface area contributed by atoms with Gasteiger partial charge in [0.1, 0.15) is 6.54 Å². The molecule has 1 heterocycles. The predicted molar refractivity (Wildman–Crippen MR) is 94.4 cm³/mol. The summed E-state index contributed by atoms with van der Waals surface area (Å²) in [4.78, 5) is 24.6. The Bertz CT molecular complexity index is 926. The molecule has 3 aromatic rings. The Morgan fingerprint density at radius 1 is 1.08 bits per heavy atom. The van der Waals surface area contributed by atoms with Crippen molar-refractivity contribution in [3.63, 3.8) is 0 Å². The van der Waals surface area contributed by atoms with Gasteiger partial charge < -0.3 is 14.6 Å². The summed E-state index contributed by atoms with van der Waals surface area (Å²) in [6.07, 6.45) is 1.58. The number of pyridine rings is 1. The van der Waals surface area contributed by atoms with Crippen LogP contribution in [0.2, 0.25) is 0 Å². The molecule has 0 spiro atoms. The molecule has 1 N–H and O–H groups in total. The number of amides is 1. The van der Waals surface area contributed by atoms with Crippen LogP contribution >= 0.6 is 0 Å². The van der Waals surface area contributed by atoms with Crippen molar-refractivity contribution in [2.24, 2.45) is 0 Å². The number of ether oxygens (including phenoxy) is 1. The second kappa shape index (κ2) is 7.00. The van der Waals surface area contributed by atoms with E-state index >= 15 is 0 Å². The van der Waals surface area contributed by atoms with E-state index in [0.29, 0.717) is 6.61 Å². The van der Waals surface area contributed by atoms with E-state index in [2.05, 4.69) is 5.32 Å². The van der Waals surface area contributed by atoms with Crippen LogP contribution in [0, 0.1) is 0 Å². The number of nitrogens with one attached hydrogen (secondary N) is 1. The van der Waals surface area contributed by atoms with Gasteiger partial charge in [0.05, 0.1) is 6.61 Å². The molecule has 5 nitrogen and oxygen atoms in total. The Hall–Kier alpha value is -3.08. The SMILES string of the molecule is CCOc1cccn(CC(=O)Nc2cccc3ccccc23)c1=O. The fourth-order valence-electron chi connectivity index (χ4n) is 2.58. The molecule has 0 aliphatic heterocycles. The van der Waals surface area contributed by atoms with Gasteiger partial charge in [-0.1, -0.05) is 36.4 Å². The smallest absolute Gasteiger partial charge is 0.293 e. The fourth-order valence-corrected chi connectivity index (χ4v) is 2.58. The highest BCUT2D eigenvalue weighted by Gasteiger charge is 2.09. The van der Waals surface area contributed by atoms with Crippen molar-refractivity contribution in [3.8, 4) is 5.75 Å². The molecule has 0 fully saturated rings. The van der Waals surface area contributed by atoms with E-state index in [9.17, 15) is 9.59 Å². The highest BCUT2D eigenvalue weighted by molar-refractivity contribution is 6.01. The minimum absolute atomic E-state index is 0.0665. The van der Waals surface area contributed by atoms with Crippen LogP contribution in [-0.4, -0.2) is 17.1 Å². The molecule has 0 radical (unpaired) electrons. The molecular formula is C19H18N2O3. The zero-order valence-corrected chi connectivity index (χ0v) is 13.4. The van der Waals surface area contributed by atoms with Crippen LogP contribution in [0.5, 0.6) is 5.75 Å². The molecule has 0 saturated heterocycles. The molecule has 0 unspecified atom stereocenters. The van der Waals surface area contributed by atoms with Gasteiger partial charge in [-0.3, -0.25) is 9.59 Å². The predicted octanol–water partition coefficient (Wildman–Crippen LogP) is 3.04. The van der Waals surface area contributed by atoms with Crippen molar-refractivity contribution < 1.29 is 9.53 Å². The van der Waals surface area contributed by atoms with E-state index in [1.807, 2.05) is 49.4 Å². The molecule has 3 rings (SSSR count). The minimum atomic E-state index is -0.313. The number of carbonyl (C=O) groups excluding carboxylic acids is 1. The second-order valence-electron chi connectivity index (χ2n) is 5.31. The van der Waals surface area contributed by atoms with Crippen molar-refractivity contribution in [1.29, 1.82) is 0 Å². The van der Waals surface area contributed by atoms with E-state index in [1.165, 1.54) is 4.57 Å². The monoisotopic (exact) mass is 322 g/mol. The highest BCUT2D eigenvalue weighted by atomic mass is 16.5. The van der Waals surface area contributed by atoms with Gasteiger partial charge in [0.15, 0.2) is 5.75 Å². The zero-order chi connectivity index (χ0) is 16.9. The van der Waals surface area contributed by atoms with Crippen LogP contribution in [-0.2, 0) is 11.3 Å². The molecular weight excluding hydrogens is 304 g/mol. The molecule has 0 saturated carbocycles. The standard InChI is InChI=1S/C19H18N2O3/c1-2-24-17-11-6-12-21(19(17)23)13-18(22)20-16-10-5-8-14-7-3-4-9-15(14)16/h3-12H,2,13H2,1H3,(H,20,22). The van der Waals surface area contributed by atoms with Gasteiger partial charge in [0, 0.05) is 17.3 Å². The number of benzene rings is 2. The number of hydrogen-bond donors (Lipinski definition) is 1. The van der Waals surface area contributed by atoms with Crippen LogP contribution in [0.1, 0.15) is 6.92 Å². The topological polar surface area (TPSA) is 60.3 Å². The highest BCUT2D eigenvalue weighted by Crippen LogP contribution is 2.22. The van der Waals surface area contributed by atoms with E-state index in [1.54, 1.807) is 18.3 Å². The Kier molecular flexibility index (Phi) is 4.61. The first kappa shape index (κ1) is 15.8. The number of aromatic nitrogens is 1. The average molecular weight is 322 g/mol. The summed E-state index contributed by atoms with van der Waals surface area (Å²) in [6, 6.07) is 16.8. The van der Waals surface area contributed by atoms with Crippen LogP contribution in [0.4, 0.5) is 5.69 Å². The maximum Gasteiger partial charge on any atom is 0.293 e. The number of rotatable bonds is 5. The fraction of sp³-hybridized carbons (Fsp3) is 0.158. The number of anilines is 1. The summed E-state index contributed by atoms with van der Waals surface area (Å²) in [5, 5.41) is 4.88. The average Bonchev–Trinajstić information content (AvgIpc) is 2.59. The van der Waals surface area contributed by atoms with E-state index < -0.39 is 0 Å². The molecule has 0 bridgehead atoms. The molecule has 24 heavy (non-hydrogen) atoms. The molecule has 0 aliphatic rings. The third kappa shape index (κ3) is 3.30. The number of fused-ring (bicyclic) bond motifs is 1. The molecule has 0 aliphatic carbocycles. The molecule has 1 amide bonds. The van der Waals surface area contributed by atoms with Gasteiger partial charge in [0.2, 0.25) is 5.91 Å². The van der Waals surface area contributed by atoms with Crippen molar-refractivity contribution in [3.05, 3.63) is 71.1 Å². The molecule has 2 aromatic carbocycles. The van der Waals surface area contributed by atoms with Gasteiger partial charge in [-0.25, -0.2) is 0 Å². The van der Waals surface area contributed by atoms with E-state index in [4.69, 9.17) is 4.74 Å². The molecule has 5 heteroatoms. The summed E-state index contributed by atoms with van der Waals surface area (Å²) < 4.78 is 6.61. The Balaban J connectivity index is 1.81. The van der Waals surface area contributed by atoms with Crippen molar-refractivity contribution in [2.75, 3.05) is 11.9 Å². The van der Waals surface area contributed by atoms with Gasteiger partial charge in [-0.05, 0) is 30.5 Å². The summed E-state index contributed by atoms with van der Waals surface area (Å²) in [5.74, 6) is -0.0138. The van der Waals surface area contributed by atoms with Crippen LogP contribution in [0.3, 0.4) is 0 Å². The molecule has 0 atom stereocenters. The zero-order valence-electron chi connectivity index (χ0n) is 13.4. The van der Waals surface area contributed by atoms with Crippen molar-refractivity contribution >= 4 is 22.4 Å². The lowest BCUT2D eigenvalue weighted by Crippen LogP contribution is -2.28. The summed E-state index contributed by atoms with van der Waals surface area (Å²) in [6.45, 7) is 2.15. The van der Waals surface area contributed by atoms with Crippen LogP contribution < -0.4 is 15.6 Å². The lowest BCUT2D eigenvalue weighted by atomic mass is 10.1. The van der Waals surface area contributed by atoms with Crippen LogP contribution in [0.15, 0.2) is 65.6 Å². The minimum Gasteiger partial charge on any atom is -0.488 e. The Morgan fingerprint density at radius 2 is 1.88 bits per heavy atom. The quantitative estimate of drug-likeness (QED) is 0.785.